The van der Waals surface area contributed by atoms with E-state index >= 15 is 0 Å². The average Bonchev–Trinajstić information content (AvgIpc) is 3.24. The van der Waals surface area contributed by atoms with Gasteiger partial charge in [-0.3, -0.25) is 9.48 Å². The van der Waals surface area contributed by atoms with Crippen molar-refractivity contribution in [3.63, 3.8) is 0 Å². The molecular formula is C17H21ClN4O2. The minimum atomic E-state index is -0.0863. The Morgan fingerprint density at radius 3 is 2.92 bits per heavy atom. The van der Waals surface area contributed by atoms with E-state index in [0.29, 0.717) is 30.3 Å². The van der Waals surface area contributed by atoms with Gasteiger partial charge >= 0.3 is 0 Å². The molecule has 1 aromatic carbocycles. The van der Waals surface area contributed by atoms with Gasteiger partial charge in [-0.15, -0.1) is 0 Å². The Kier molecular flexibility index (Phi) is 5.85. The van der Waals surface area contributed by atoms with Crippen LogP contribution in [0.25, 0.3) is 0 Å². The van der Waals surface area contributed by atoms with Gasteiger partial charge in [0, 0.05) is 24.8 Å². The molecule has 2 heterocycles. The molecule has 24 heavy (non-hydrogen) atoms. The van der Waals surface area contributed by atoms with E-state index < -0.39 is 0 Å². The molecule has 2 N–H and O–H groups in total. The predicted octanol–water partition coefficient (Wildman–Crippen LogP) is 1.69. The van der Waals surface area contributed by atoms with E-state index in [1.54, 1.807) is 17.1 Å². The molecule has 0 bridgehead atoms. The molecule has 1 amide bonds. The Morgan fingerprint density at radius 1 is 1.42 bits per heavy atom. The highest BCUT2D eigenvalue weighted by atomic mass is 35.5. The van der Waals surface area contributed by atoms with Gasteiger partial charge in [0.25, 0.3) is 5.91 Å². The van der Waals surface area contributed by atoms with Gasteiger partial charge in [-0.1, -0.05) is 23.7 Å². The third-order valence-corrected chi connectivity index (χ3v) is 4.11. The number of amides is 1. The number of carbonyl (C=O) groups excluding carboxylic acids is 1. The van der Waals surface area contributed by atoms with Gasteiger partial charge in [0.2, 0.25) is 0 Å². The number of benzene rings is 1. The fourth-order valence-corrected chi connectivity index (χ4v) is 2.79. The van der Waals surface area contributed by atoms with E-state index in [2.05, 4.69) is 15.7 Å². The van der Waals surface area contributed by atoms with Crippen molar-refractivity contribution in [2.45, 2.75) is 19.1 Å². The van der Waals surface area contributed by atoms with Gasteiger partial charge in [-0.2, -0.15) is 5.10 Å². The van der Waals surface area contributed by atoms with Crippen molar-refractivity contribution in [2.24, 2.45) is 0 Å². The number of nitrogens with one attached hydrogen (secondary N) is 2. The van der Waals surface area contributed by atoms with Crippen LogP contribution in [0, 0.1) is 0 Å². The maximum Gasteiger partial charge on any atom is 0.251 e. The first-order valence-electron chi connectivity index (χ1n) is 8.08. The van der Waals surface area contributed by atoms with Crippen LogP contribution in [0.5, 0.6) is 0 Å². The topological polar surface area (TPSA) is 68.2 Å². The van der Waals surface area contributed by atoms with Crippen molar-refractivity contribution in [3.05, 3.63) is 52.8 Å². The van der Waals surface area contributed by atoms with Gasteiger partial charge in [-0.05, 0) is 30.7 Å². The summed E-state index contributed by atoms with van der Waals surface area (Å²) in [4.78, 5) is 12.1. The van der Waals surface area contributed by atoms with Crippen LogP contribution in [0.15, 0.2) is 36.7 Å². The Bertz CT molecular complexity index is 665. The Labute approximate surface area is 146 Å². The maximum atomic E-state index is 12.1. The van der Waals surface area contributed by atoms with Crippen LogP contribution in [-0.2, 0) is 11.3 Å². The first-order chi connectivity index (χ1) is 11.7. The summed E-state index contributed by atoms with van der Waals surface area (Å²) >= 11 is 5.85. The lowest BCUT2D eigenvalue weighted by molar-refractivity contribution is 0.0657. The van der Waals surface area contributed by atoms with Gasteiger partial charge in [-0.25, -0.2) is 0 Å². The highest BCUT2D eigenvalue weighted by molar-refractivity contribution is 6.30. The molecule has 1 aliphatic heterocycles. The second kappa shape index (κ2) is 8.28. The normalized spacial score (nSPS) is 17.1. The maximum absolute atomic E-state index is 12.1. The van der Waals surface area contributed by atoms with E-state index in [9.17, 15) is 4.79 Å². The Balaban J connectivity index is 1.43. The minimum Gasteiger partial charge on any atom is -0.375 e. The zero-order chi connectivity index (χ0) is 16.8. The molecule has 0 aliphatic carbocycles. The second-order valence-electron chi connectivity index (χ2n) is 5.79. The van der Waals surface area contributed by atoms with Crippen LogP contribution < -0.4 is 10.6 Å². The molecule has 0 spiro atoms. The lowest BCUT2D eigenvalue weighted by Gasteiger charge is -2.11. The molecule has 7 heteroatoms. The number of ether oxygens (including phenoxy) is 1. The number of carbonyl (C=O) groups is 1. The monoisotopic (exact) mass is 348 g/mol. The van der Waals surface area contributed by atoms with Crippen LogP contribution in [0.3, 0.4) is 0 Å². The van der Waals surface area contributed by atoms with Gasteiger partial charge in [0.05, 0.1) is 30.5 Å². The average molecular weight is 349 g/mol. The van der Waals surface area contributed by atoms with Crippen LogP contribution >= 0.6 is 11.6 Å². The standard InChI is InChI=1S/C17H21ClN4O2/c18-15-9-21-22(12-15)11-13-1-3-14(4-2-13)17(23)20-7-8-24-16-5-6-19-10-16/h1-4,9,12,16,19H,5-8,10-11H2,(H,20,23). The molecule has 1 aromatic heterocycles. The summed E-state index contributed by atoms with van der Waals surface area (Å²) in [6.45, 7) is 3.59. The highest BCUT2D eigenvalue weighted by Gasteiger charge is 2.14. The van der Waals surface area contributed by atoms with E-state index in [4.69, 9.17) is 16.3 Å². The first kappa shape index (κ1) is 17.0. The van der Waals surface area contributed by atoms with Crippen LogP contribution in [-0.4, -0.2) is 48.0 Å². The van der Waals surface area contributed by atoms with Crippen LogP contribution in [0.1, 0.15) is 22.3 Å². The molecule has 1 saturated heterocycles. The SMILES string of the molecule is O=C(NCCOC1CCNC1)c1ccc(Cn2cc(Cl)cn2)cc1. The Hall–Kier alpha value is -1.89. The lowest BCUT2D eigenvalue weighted by atomic mass is 10.1. The number of aromatic nitrogens is 2. The van der Waals surface area contributed by atoms with Gasteiger partial charge < -0.3 is 15.4 Å². The van der Waals surface area contributed by atoms with Crippen molar-refractivity contribution in [1.29, 1.82) is 0 Å². The van der Waals surface area contributed by atoms with E-state index in [-0.39, 0.29) is 12.0 Å². The van der Waals surface area contributed by atoms with Crippen molar-refractivity contribution in [2.75, 3.05) is 26.2 Å². The third kappa shape index (κ3) is 4.80. The van der Waals surface area contributed by atoms with Crippen LogP contribution in [0.2, 0.25) is 5.02 Å². The van der Waals surface area contributed by atoms with Crippen molar-refractivity contribution < 1.29 is 9.53 Å². The molecule has 1 aliphatic rings. The lowest BCUT2D eigenvalue weighted by Crippen LogP contribution is -2.29. The fourth-order valence-electron chi connectivity index (χ4n) is 2.64. The summed E-state index contributed by atoms with van der Waals surface area (Å²) in [6, 6.07) is 7.48. The molecule has 1 fully saturated rings. The zero-order valence-corrected chi connectivity index (χ0v) is 14.1. The largest absolute Gasteiger partial charge is 0.375 e. The smallest absolute Gasteiger partial charge is 0.251 e. The first-order valence-corrected chi connectivity index (χ1v) is 8.46. The number of nitrogens with zero attached hydrogens (tertiary/aromatic N) is 2. The summed E-state index contributed by atoms with van der Waals surface area (Å²) in [5.74, 6) is -0.0863. The summed E-state index contributed by atoms with van der Waals surface area (Å²) < 4.78 is 7.44. The third-order valence-electron chi connectivity index (χ3n) is 3.92. The molecule has 1 atom stereocenters. The summed E-state index contributed by atoms with van der Waals surface area (Å²) in [6.07, 6.45) is 4.68. The minimum absolute atomic E-state index is 0.0863. The predicted molar refractivity (Wildman–Crippen MR) is 92.3 cm³/mol. The summed E-state index contributed by atoms with van der Waals surface area (Å²) in [5.41, 5.74) is 1.70. The number of rotatable bonds is 7. The summed E-state index contributed by atoms with van der Waals surface area (Å²) in [5, 5.41) is 10.9. The molecule has 3 rings (SSSR count). The number of hydrogen-bond acceptors (Lipinski definition) is 4. The molecule has 128 valence electrons. The van der Waals surface area contributed by atoms with Crippen LogP contribution in [0.4, 0.5) is 0 Å². The molecule has 2 aromatic rings. The number of hydrogen-bond donors (Lipinski definition) is 2. The number of halogens is 1. The summed E-state index contributed by atoms with van der Waals surface area (Å²) in [7, 11) is 0. The van der Waals surface area contributed by atoms with Gasteiger partial charge in [0.1, 0.15) is 0 Å². The Morgan fingerprint density at radius 2 is 2.25 bits per heavy atom. The molecule has 6 nitrogen and oxygen atoms in total. The van der Waals surface area contributed by atoms with E-state index in [1.165, 1.54) is 0 Å². The zero-order valence-electron chi connectivity index (χ0n) is 13.4. The quantitative estimate of drug-likeness (QED) is 0.747. The molecule has 1 unspecified atom stereocenters. The van der Waals surface area contributed by atoms with E-state index in [0.717, 1.165) is 25.1 Å². The van der Waals surface area contributed by atoms with Gasteiger partial charge in [0.15, 0.2) is 0 Å². The second-order valence-corrected chi connectivity index (χ2v) is 6.23. The van der Waals surface area contributed by atoms with Crippen molar-refractivity contribution >= 4 is 17.5 Å². The molecule has 0 saturated carbocycles. The molecule has 0 radical (unpaired) electrons. The highest BCUT2D eigenvalue weighted by Crippen LogP contribution is 2.09. The van der Waals surface area contributed by atoms with Crippen molar-refractivity contribution in [1.82, 2.24) is 20.4 Å². The van der Waals surface area contributed by atoms with E-state index in [1.807, 2.05) is 24.3 Å². The fraction of sp³-hybridized carbons (Fsp3) is 0.412. The molecular weight excluding hydrogens is 328 g/mol. The van der Waals surface area contributed by atoms with Crippen molar-refractivity contribution in [3.8, 4) is 0 Å².